The van der Waals surface area contributed by atoms with Crippen LogP contribution in [0.3, 0.4) is 0 Å². The molecule has 142 valence electrons. The summed E-state index contributed by atoms with van der Waals surface area (Å²) in [5, 5.41) is 5.70. The summed E-state index contributed by atoms with van der Waals surface area (Å²) in [7, 11) is 0. The molecule has 0 radical (unpaired) electrons. The standard InChI is InChI=1S/C24H24N2O2/c1-17(2)23(27)25-21-13-7-11-19(15-21)9-5-6-10-20-12-8-14-22(16-20)26-24(28)18(3)4/h7-8,11-18H,1-4H3,(H,25,27)(H,26,28). The first kappa shape index (κ1) is 20.8. The van der Waals surface area contributed by atoms with E-state index < -0.39 is 0 Å². The van der Waals surface area contributed by atoms with Crippen molar-refractivity contribution >= 4 is 23.2 Å². The maximum Gasteiger partial charge on any atom is 0.226 e. The van der Waals surface area contributed by atoms with Crippen LogP contribution in [0.5, 0.6) is 0 Å². The molecule has 0 aromatic heterocycles. The maximum absolute atomic E-state index is 11.8. The zero-order valence-corrected chi connectivity index (χ0v) is 16.6. The lowest BCUT2D eigenvalue weighted by molar-refractivity contribution is -0.119. The van der Waals surface area contributed by atoms with E-state index in [1.807, 2.05) is 76.2 Å². The topological polar surface area (TPSA) is 58.2 Å². The fourth-order valence-corrected chi connectivity index (χ4v) is 2.13. The molecule has 0 unspecified atom stereocenters. The molecule has 28 heavy (non-hydrogen) atoms. The normalized spacial score (nSPS) is 9.79. The fraction of sp³-hybridized carbons (Fsp3) is 0.250. The molecule has 0 aliphatic heterocycles. The van der Waals surface area contributed by atoms with Gasteiger partial charge < -0.3 is 10.6 Å². The number of nitrogens with one attached hydrogen (secondary N) is 2. The summed E-state index contributed by atoms with van der Waals surface area (Å²) in [6.07, 6.45) is 0. The second-order valence-electron chi connectivity index (χ2n) is 6.95. The summed E-state index contributed by atoms with van der Waals surface area (Å²) < 4.78 is 0. The Balaban J connectivity index is 2.07. The van der Waals surface area contributed by atoms with Gasteiger partial charge in [-0.3, -0.25) is 9.59 Å². The van der Waals surface area contributed by atoms with Crippen molar-refractivity contribution in [1.82, 2.24) is 0 Å². The zero-order chi connectivity index (χ0) is 20.5. The van der Waals surface area contributed by atoms with Gasteiger partial charge in [0.2, 0.25) is 11.8 Å². The molecule has 4 nitrogen and oxygen atoms in total. The van der Waals surface area contributed by atoms with Crippen molar-refractivity contribution in [1.29, 1.82) is 0 Å². The highest BCUT2D eigenvalue weighted by Crippen LogP contribution is 2.12. The Bertz CT molecular complexity index is 901. The molecule has 0 bridgehead atoms. The summed E-state index contributed by atoms with van der Waals surface area (Å²) in [6, 6.07) is 14.7. The first-order valence-corrected chi connectivity index (χ1v) is 9.19. The van der Waals surface area contributed by atoms with Crippen molar-refractivity contribution in [2.45, 2.75) is 27.7 Å². The van der Waals surface area contributed by atoms with E-state index in [-0.39, 0.29) is 23.7 Å². The molecule has 4 heteroatoms. The van der Waals surface area contributed by atoms with Crippen LogP contribution in [0.1, 0.15) is 38.8 Å². The number of amides is 2. The third-order valence-corrected chi connectivity index (χ3v) is 3.79. The zero-order valence-electron chi connectivity index (χ0n) is 16.6. The number of rotatable bonds is 4. The van der Waals surface area contributed by atoms with Gasteiger partial charge in [0, 0.05) is 34.3 Å². The SMILES string of the molecule is CC(C)C(=O)Nc1cccc(C#CC#Cc2cccc(NC(=O)C(C)C)c2)c1. The molecule has 2 aromatic rings. The Morgan fingerprint density at radius 3 is 1.46 bits per heavy atom. The van der Waals surface area contributed by atoms with Crippen molar-refractivity contribution in [3.63, 3.8) is 0 Å². The molecule has 2 aromatic carbocycles. The quantitative estimate of drug-likeness (QED) is 0.787. The van der Waals surface area contributed by atoms with E-state index in [1.165, 1.54) is 0 Å². The van der Waals surface area contributed by atoms with Gasteiger partial charge in [-0.15, -0.1) is 0 Å². The number of hydrogen-bond donors (Lipinski definition) is 2. The van der Waals surface area contributed by atoms with Crippen LogP contribution >= 0.6 is 0 Å². The number of carbonyl (C=O) groups is 2. The molecule has 0 atom stereocenters. The number of hydrogen-bond acceptors (Lipinski definition) is 2. The summed E-state index contributed by atoms with van der Waals surface area (Å²) >= 11 is 0. The first-order valence-electron chi connectivity index (χ1n) is 9.19. The van der Waals surface area contributed by atoms with Crippen molar-refractivity contribution in [2.24, 2.45) is 11.8 Å². The Labute approximate surface area is 166 Å². The van der Waals surface area contributed by atoms with Crippen LogP contribution in [-0.4, -0.2) is 11.8 Å². The van der Waals surface area contributed by atoms with E-state index in [2.05, 4.69) is 34.3 Å². The molecular weight excluding hydrogens is 348 g/mol. The lowest BCUT2D eigenvalue weighted by Crippen LogP contribution is -2.17. The van der Waals surface area contributed by atoms with E-state index in [1.54, 1.807) is 0 Å². The van der Waals surface area contributed by atoms with E-state index in [0.717, 1.165) is 11.1 Å². The number of carbonyl (C=O) groups excluding carboxylic acids is 2. The Hall–Kier alpha value is -3.50. The highest BCUT2D eigenvalue weighted by molar-refractivity contribution is 5.92. The minimum atomic E-state index is -0.0818. The van der Waals surface area contributed by atoms with Crippen LogP contribution in [0.15, 0.2) is 48.5 Å². The van der Waals surface area contributed by atoms with Crippen LogP contribution in [0.4, 0.5) is 11.4 Å². The monoisotopic (exact) mass is 372 g/mol. The lowest BCUT2D eigenvalue weighted by atomic mass is 10.1. The van der Waals surface area contributed by atoms with E-state index in [0.29, 0.717) is 11.4 Å². The van der Waals surface area contributed by atoms with Gasteiger partial charge in [0.05, 0.1) is 0 Å². The van der Waals surface area contributed by atoms with Gasteiger partial charge in [-0.05, 0) is 48.2 Å². The second kappa shape index (κ2) is 10.00. The van der Waals surface area contributed by atoms with Gasteiger partial charge >= 0.3 is 0 Å². The third-order valence-electron chi connectivity index (χ3n) is 3.79. The average Bonchev–Trinajstić information content (AvgIpc) is 2.65. The third kappa shape index (κ3) is 6.67. The molecule has 0 fully saturated rings. The van der Waals surface area contributed by atoms with E-state index in [4.69, 9.17) is 0 Å². The van der Waals surface area contributed by atoms with Gasteiger partial charge in [0.25, 0.3) is 0 Å². The summed E-state index contributed by atoms with van der Waals surface area (Å²) in [4.78, 5) is 23.6. The molecular formula is C24H24N2O2. The van der Waals surface area contributed by atoms with Gasteiger partial charge in [-0.1, -0.05) is 51.7 Å². The largest absolute Gasteiger partial charge is 0.326 e. The molecule has 2 N–H and O–H groups in total. The van der Waals surface area contributed by atoms with Crippen LogP contribution in [0.25, 0.3) is 0 Å². The Kier molecular flexibility index (Phi) is 7.43. The number of benzene rings is 2. The van der Waals surface area contributed by atoms with Crippen LogP contribution in [0.2, 0.25) is 0 Å². The molecule has 0 saturated heterocycles. The van der Waals surface area contributed by atoms with Gasteiger partial charge in [-0.2, -0.15) is 0 Å². The van der Waals surface area contributed by atoms with Crippen molar-refractivity contribution < 1.29 is 9.59 Å². The molecule has 0 spiro atoms. The fourth-order valence-electron chi connectivity index (χ4n) is 2.13. The van der Waals surface area contributed by atoms with Crippen molar-refractivity contribution in [2.75, 3.05) is 10.6 Å². The molecule has 2 rings (SSSR count). The lowest BCUT2D eigenvalue weighted by Gasteiger charge is -2.07. The van der Waals surface area contributed by atoms with Crippen molar-refractivity contribution in [3.05, 3.63) is 59.7 Å². The molecule has 0 heterocycles. The predicted octanol–water partition coefficient (Wildman–Crippen LogP) is 4.28. The van der Waals surface area contributed by atoms with E-state index in [9.17, 15) is 9.59 Å². The molecule has 0 aliphatic rings. The highest BCUT2D eigenvalue weighted by Gasteiger charge is 2.07. The Morgan fingerprint density at radius 1 is 0.714 bits per heavy atom. The maximum atomic E-state index is 11.8. The minimum Gasteiger partial charge on any atom is -0.326 e. The summed E-state index contributed by atoms with van der Waals surface area (Å²) in [6.45, 7) is 7.38. The Morgan fingerprint density at radius 2 is 1.11 bits per heavy atom. The number of anilines is 2. The molecule has 0 saturated carbocycles. The van der Waals surface area contributed by atoms with Gasteiger partial charge in [0.15, 0.2) is 0 Å². The van der Waals surface area contributed by atoms with E-state index >= 15 is 0 Å². The predicted molar refractivity (Wildman–Crippen MR) is 114 cm³/mol. The minimum absolute atomic E-state index is 0.0330. The highest BCUT2D eigenvalue weighted by atomic mass is 16.2. The van der Waals surface area contributed by atoms with Crippen LogP contribution in [-0.2, 0) is 9.59 Å². The smallest absolute Gasteiger partial charge is 0.226 e. The van der Waals surface area contributed by atoms with Gasteiger partial charge in [-0.25, -0.2) is 0 Å². The van der Waals surface area contributed by atoms with Crippen molar-refractivity contribution in [3.8, 4) is 23.7 Å². The average molecular weight is 372 g/mol. The summed E-state index contributed by atoms with van der Waals surface area (Å²) in [5.74, 6) is 11.4. The second-order valence-corrected chi connectivity index (χ2v) is 6.95. The summed E-state index contributed by atoms with van der Waals surface area (Å²) in [5.41, 5.74) is 2.97. The van der Waals surface area contributed by atoms with Gasteiger partial charge in [0.1, 0.15) is 0 Å². The molecule has 2 amide bonds. The molecule has 0 aliphatic carbocycles. The van der Waals surface area contributed by atoms with Crippen LogP contribution in [0, 0.1) is 35.5 Å². The van der Waals surface area contributed by atoms with Crippen LogP contribution < -0.4 is 10.6 Å². The first-order chi connectivity index (χ1) is 13.3.